The lowest BCUT2D eigenvalue weighted by Gasteiger charge is -2.27. The SMILES string of the molecule is CSc1cccc(N(CC(=O)NC[C@H]2COc3ccccc3O2)S(C)(=O)=O)c1. The Morgan fingerprint density at radius 1 is 1.21 bits per heavy atom. The Morgan fingerprint density at radius 2 is 1.96 bits per heavy atom. The molecule has 0 saturated heterocycles. The fourth-order valence-electron chi connectivity index (χ4n) is 2.74. The number of rotatable bonds is 7. The highest BCUT2D eigenvalue weighted by Crippen LogP contribution is 2.30. The van der Waals surface area contributed by atoms with E-state index in [1.54, 1.807) is 24.3 Å². The van der Waals surface area contributed by atoms with Gasteiger partial charge in [-0.25, -0.2) is 8.42 Å². The summed E-state index contributed by atoms with van der Waals surface area (Å²) in [5.74, 6) is 0.879. The van der Waals surface area contributed by atoms with Crippen LogP contribution in [-0.4, -0.2) is 52.6 Å². The summed E-state index contributed by atoms with van der Waals surface area (Å²) in [6.07, 6.45) is 2.65. The lowest BCUT2D eigenvalue weighted by atomic mass is 10.2. The average Bonchev–Trinajstić information content (AvgIpc) is 2.69. The molecule has 0 saturated carbocycles. The molecule has 150 valence electrons. The lowest BCUT2D eigenvalue weighted by Crippen LogP contribution is -2.45. The molecule has 0 aliphatic carbocycles. The molecule has 3 rings (SSSR count). The second-order valence-corrected chi connectivity index (χ2v) is 9.06. The largest absolute Gasteiger partial charge is 0.486 e. The van der Waals surface area contributed by atoms with Crippen molar-refractivity contribution < 1.29 is 22.7 Å². The molecule has 2 aromatic rings. The predicted octanol–water partition coefficient (Wildman–Crippen LogP) is 2.13. The molecule has 0 radical (unpaired) electrons. The van der Waals surface area contributed by atoms with Crippen molar-refractivity contribution in [2.75, 3.05) is 36.5 Å². The highest BCUT2D eigenvalue weighted by molar-refractivity contribution is 7.98. The molecule has 2 aromatic carbocycles. The fraction of sp³-hybridized carbons (Fsp3) is 0.316. The van der Waals surface area contributed by atoms with Crippen LogP contribution in [0.4, 0.5) is 5.69 Å². The van der Waals surface area contributed by atoms with Crippen molar-refractivity contribution in [1.29, 1.82) is 0 Å². The van der Waals surface area contributed by atoms with Crippen LogP contribution in [-0.2, 0) is 14.8 Å². The van der Waals surface area contributed by atoms with Crippen LogP contribution in [0, 0.1) is 0 Å². The number of nitrogens with one attached hydrogen (secondary N) is 1. The Kier molecular flexibility index (Phi) is 6.35. The van der Waals surface area contributed by atoms with Gasteiger partial charge in [-0.05, 0) is 36.6 Å². The van der Waals surface area contributed by atoms with Gasteiger partial charge in [0.05, 0.1) is 18.5 Å². The third-order valence-corrected chi connectivity index (χ3v) is 5.99. The first kappa shape index (κ1) is 20.3. The van der Waals surface area contributed by atoms with Gasteiger partial charge >= 0.3 is 0 Å². The number of amides is 1. The van der Waals surface area contributed by atoms with Gasteiger partial charge in [-0.1, -0.05) is 18.2 Å². The number of fused-ring (bicyclic) bond motifs is 1. The van der Waals surface area contributed by atoms with Gasteiger partial charge in [0.1, 0.15) is 19.3 Å². The molecule has 0 fully saturated rings. The van der Waals surface area contributed by atoms with Crippen LogP contribution < -0.4 is 19.1 Å². The molecule has 1 aliphatic rings. The summed E-state index contributed by atoms with van der Waals surface area (Å²) in [6, 6.07) is 14.4. The Labute approximate surface area is 169 Å². The predicted molar refractivity (Wildman–Crippen MR) is 110 cm³/mol. The van der Waals surface area contributed by atoms with Crippen molar-refractivity contribution in [3.8, 4) is 11.5 Å². The maximum absolute atomic E-state index is 12.4. The molecule has 28 heavy (non-hydrogen) atoms. The molecule has 1 N–H and O–H groups in total. The number of hydrogen-bond acceptors (Lipinski definition) is 6. The number of hydrogen-bond donors (Lipinski definition) is 1. The van der Waals surface area contributed by atoms with E-state index in [0.29, 0.717) is 23.8 Å². The number of sulfonamides is 1. The maximum atomic E-state index is 12.4. The number of carbonyl (C=O) groups is 1. The minimum Gasteiger partial charge on any atom is -0.486 e. The average molecular weight is 423 g/mol. The monoisotopic (exact) mass is 422 g/mol. The highest BCUT2D eigenvalue weighted by Gasteiger charge is 2.24. The van der Waals surface area contributed by atoms with Crippen LogP contribution in [0.5, 0.6) is 11.5 Å². The van der Waals surface area contributed by atoms with Crippen LogP contribution in [0.15, 0.2) is 53.4 Å². The van der Waals surface area contributed by atoms with Crippen molar-refractivity contribution in [3.63, 3.8) is 0 Å². The van der Waals surface area contributed by atoms with E-state index < -0.39 is 15.9 Å². The third-order valence-electron chi connectivity index (χ3n) is 4.12. The molecule has 0 unspecified atom stereocenters. The van der Waals surface area contributed by atoms with Crippen molar-refractivity contribution in [3.05, 3.63) is 48.5 Å². The van der Waals surface area contributed by atoms with Crippen LogP contribution in [0.2, 0.25) is 0 Å². The van der Waals surface area contributed by atoms with Crippen molar-refractivity contribution in [2.45, 2.75) is 11.0 Å². The first-order valence-corrected chi connectivity index (χ1v) is 11.7. The normalized spacial score (nSPS) is 15.7. The van der Waals surface area contributed by atoms with E-state index in [9.17, 15) is 13.2 Å². The molecule has 1 amide bonds. The van der Waals surface area contributed by atoms with E-state index >= 15 is 0 Å². The number of carbonyl (C=O) groups excluding carboxylic acids is 1. The Morgan fingerprint density at radius 3 is 2.68 bits per heavy atom. The van der Waals surface area contributed by atoms with Crippen molar-refractivity contribution in [2.24, 2.45) is 0 Å². The second kappa shape index (κ2) is 8.74. The zero-order valence-electron chi connectivity index (χ0n) is 15.6. The molecule has 9 heteroatoms. The smallest absolute Gasteiger partial charge is 0.240 e. The Balaban J connectivity index is 1.62. The van der Waals surface area contributed by atoms with Crippen LogP contribution in [0.3, 0.4) is 0 Å². The second-order valence-electron chi connectivity index (χ2n) is 6.27. The zero-order valence-corrected chi connectivity index (χ0v) is 17.3. The summed E-state index contributed by atoms with van der Waals surface area (Å²) in [7, 11) is -3.61. The van der Waals surface area contributed by atoms with Gasteiger partial charge in [-0.15, -0.1) is 11.8 Å². The topological polar surface area (TPSA) is 84.9 Å². The van der Waals surface area contributed by atoms with Gasteiger partial charge in [-0.3, -0.25) is 9.10 Å². The van der Waals surface area contributed by atoms with E-state index in [1.807, 2.05) is 30.5 Å². The van der Waals surface area contributed by atoms with E-state index in [1.165, 1.54) is 11.8 Å². The molecule has 1 aliphatic heterocycles. The number of ether oxygens (including phenoxy) is 2. The summed E-state index contributed by atoms with van der Waals surface area (Å²) in [5, 5.41) is 2.73. The van der Waals surface area contributed by atoms with Crippen LogP contribution in [0.25, 0.3) is 0 Å². The third kappa shape index (κ3) is 5.11. The summed E-state index contributed by atoms with van der Waals surface area (Å²) in [4.78, 5) is 13.3. The molecule has 7 nitrogen and oxygen atoms in total. The fourth-order valence-corrected chi connectivity index (χ4v) is 4.04. The molecule has 1 atom stereocenters. The summed E-state index contributed by atoms with van der Waals surface area (Å²) in [5.41, 5.74) is 0.454. The minimum absolute atomic E-state index is 0.218. The number of para-hydroxylation sites is 2. The van der Waals surface area contributed by atoms with Gasteiger partial charge in [0.15, 0.2) is 11.5 Å². The molecule has 0 bridgehead atoms. The lowest BCUT2D eigenvalue weighted by molar-refractivity contribution is -0.120. The van der Waals surface area contributed by atoms with E-state index in [4.69, 9.17) is 9.47 Å². The quantitative estimate of drug-likeness (QED) is 0.688. The molecule has 1 heterocycles. The number of nitrogens with zero attached hydrogens (tertiary/aromatic N) is 1. The van der Waals surface area contributed by atoms with Crippen LogP contribution in [0.1, 0.15) is 0 Å². The van der Waals surface area contributed by atoms with Crippen molar-refractivity contribution >= 4 is 33.4 Å². The van der Waals surface area contributed by atoms with E-state index in [0.717, 1.165) is 15.5 Å². The Hall–Kier alpha value is -2.39. The summed E-state index contributed by atoms with van der Waals surface area (Å²) >= 11 is 1.50. The number of benzene rings is 2. The van der Waals surface area contributed by atoms with Gasteiger partial charge in [0.25, 0.3) is 0 Å². The maximum Gasteiger partial charge on any atom is 0.240 e. The van der Waals surface area contributed by atoms with Gasteiger partial charge in [0.2, 0.25) is 15.9 Å². The molecule has 0 spiro atoms. The van der Waals surface area contributed by atoms with Crippen molar-refractivity contribution in [1.82, 2.24) is 5.32 Å². The first-order valence-electron chi connectivity index (χ1n) is 8.64. The zero-order chi connectivity index (χ0) is 20.1. The highest BCUT2D eigenvalue weighted by atomic mass is 32.2. The van der Waals surface area contributed by atoms with Gasteiger partial charge < -0.3 is 14.8 Å². The van der Waals surface area contributed by atoms with E-state index in [2.05, 4.69) is 5.32 Å². The van der Waals surface area contributed by atoms with Crippen LogP contribution >= 0.6 is 11.8 Å². The van der Waals surface area contributed by atoms with Gasteiger partial charge in [0, 0.05) is 4.90 Å². The van der Waals surface area contributed by atoms with Gasteiger partial charge in [-0.2, -0.15) is 0 Å². The minimum atomic E-state index is -3.61. The van der Waals surface area contributed by atoms with E-state index in [-0.39, 0.29) is 19.2 Å². The summed E-state index contributed by atoms with van der Waals surface area (Å²) in [6.45, 7) is 0.222. The molecular formula is C19H22N2O5S2. The standard InChI is InChI=1S/C19H22N2O5S2/c1-27-16-7-5-6-14(10-16)21(28(2,23)24)12-19(22)20-11-15-13-25-17-8-3-4-9-18(17)26-15/h3-10,15H,11-13H2,1-2H3,(H,20,22)/t15-/m0/s1. The molecular weight excluding hydrogens is 400 g/mol. The Bertz CT molecular complexity index is 949. The summed E-state index contributed by atoms with van der Waals surface area (Å²) < 4.78 is 36.9. The first-order chi connectivity index (χ1) is 13.4. The molecule has 0 aromatic heterocycles. The number of anilines is 1. The number of thioether (sulfide) groups is 1.